The molecule has 0 saturated carbocycles. The van der Waals surface area contributed by atoms with Gasteiger partial charge in [-0.2, -0.15) is 0 Å². The zero-order chi connectivity index (χ0) is 10.9. The van der Waals surface area contributed by atoms with Crippen LogP contribution < -0.4 is 5.73 Å². The predicted molar refractivity (Wildman–Crippen MR) is 57.8 cm³/mol. The van der Waals surface area contributed by atoms with Gasteiger partial charge in [0.15, 0.2) is 0 Å². The number of nitrogens with two attached hydrogens (primary N) is 1. The Morgan fingerprint density at radius 3 is 2.43 bits per heavy atom. The molecule has 0 aromatic heterocycles. The summed E-state index contributed by atoms with van der Waals surface area (Å²) in [6.07, 6.45) is 0. The lowest BCUT2D eigenvalue weighted by molar-refractivity contribution is 0.349. The van der Waals surface area contributed by atoms with Crippen LogP contribution in [0, 0.1) is 11.7 Å². The highest BCUT2D eigenvalue weighted by Crippen LogP contribution is 2.28. The zero-order valence-corrected chi connectivity index (χ0v) is 9.40. The Kier molecular flexibility index (Phi) is 3.17. The predicted octanol–water partition coefficient (Wildman–Crippen LogP) is 3.31. The van der Waals surface area contributed by atoms with E-state index in [0.717, 1.165) is 5.56 Å². The second-order valence-corrected chi connectivity index (χ2v) is 4.47. The van der Waals surface area contributed by atoms with Crippen molar-refractivity contribution in [2.45, 2.75) is 26.3 Å². The van der Waals surface area contributed by atoms with Crippen molar-refractivity contribution < 1.29 is 4.39 Å². The second-order valence-electron chi connectivity index (χ2n) is 4.07. The van der Waals surface area contributed by atoms with Gasteiger partial charge in [0.05, 0.1) is 5.02 Å². The molecule has 0 unspecified atom stereocenters. The van der Waals surface area contributed by atoms with E-state index in [9.17, 15) is 4.39 Å². The maximum absolute atomic E-state index is 13.2. The van der Waals surface area contributed by atoms with Crippen molar-refractivity contribution in [2.24, 2.45) is 11.7 Å². The fraction of sp³-hybridized carbons (Fsp3) is 0.455. The van der Waals surface area contributed by atoms with Gasteiger partial charge >= 0.3 is 0 Å². The van der Waals surface area contributed by atoms with Crippen LogP contribution in [-0.2, 0) is 5.54 Å². The summed E-state index contributed by atoms with van der Waals surface area (Å²) in [5.74, 6) is -0.176. The minimum absolute atomic E-state index is 0.133. The highest BCUT2D eigenvalue weighted by molar-refractivity contribution is 6.30. The molecule has 0 fully saturated rings. The molecule has 1 aromatic rings. The molecule has 78 valence electrons. The van der Waals surface area contributed by atoms with Gasteiger partial charge in [-0.05, 0) is 30.5 Å². The molecular formula is C11H15ClFN. The topological polar surface area (TPSA) is 26.0 Å². The van der Waals surface area contributed by atoms with Gasteiger partial charge in [-0.15, -0.1) is 0 Å². The number of benzene rings is 1. The van der Waals surface area contributed by atoms with Crippen LogP contribution in [0.2, 0.25) is 5.02 Å². The first-order chi connectivity index (χ1) is 6.35. The van der Waals surface area contributed by atoms with E-state index in [2.05, 4.69) is 0 Å². The van der Waals surface area contributed by atoms with E-state index >= 15 is 0 Å². The molecular weight excluding hydrogens is 201 g/mol. The standard InChI is InChI=1S/C11H15ClFN/c1-7(2)11(3,14)8-4-5-9(12)10(13)6-8/h4-7H,14H2,1-3H3/t11-/m0/s1. The SMILES string of the molecule is CC(C)[C@](C)(N)c1ccc(Cl)c(F)c1. The van der Waals surface area contributed by atoms with Gasteiger partial charge in [0, 0.05) is 5.54 Å². The van der Waals surface area contributed by atoms with E-state index in [4.69, 9.17) is 17.3 Å². The van der Waals surface area contributed by atoms with Gasteiger partial charge in [-0.1, -0.05) is 31.5 Å². The number of halogens is 2. The van der Waals surface area contributed by atoms with E-state index in [1.165, 1.54) is 6.07 Å². The first kappa shape index (κ1) is 11.5. The average Bonchev–Trinajstić information content (AvgIpc) is 2.09. The summed E-state index contributed by atoms with van der Waals surface area (Å²) in [6, 6.07) is 4.72. The molecule has 0 radical (unpaired) electrons. The molecule has 1 rings (SSSR count). The highest BCUT2D eigenvalue weighted by Gasteiger charge is 2.25. The van der Waals surface area contributed by atoms with Crippen LogP contribution in [0.1, 0.15) is 26.3 Å². The fourth-order valence-electron chi connectivity index (χ4n) is 1.16. The maximum Gasteiger partial charge on any atom is 0.142 e. The van der Waals surface area contributed by atoms with Crippen LogP contribution in [0.15, 0.2) is 18.2 Å². The molecule has 1 atom stereocenters. The second kappa shape index (κ2) is 3.87. The third-order valence-electron chi connectivity index (χ3n) is 2.74. The molecule has 0 saturated heterocycles. The first-order valence-electron chi connectivity index (χ1n) is 4.60. The fourth-order valence-corrected chi connectivity index (χ4v) is 1.28. The Hall–Kier alpha value is -0.600. The smallest absolute Gasteiger partial charge is 0.142 e. The van der Waals surface area contributed by atoms with Gasteiger partial charge in [-0.25, -0.2) is 4.39 Å². The summed E-state index contributed by atoms with van der Waals surface area (Å²) in [5, 5.41) is 0.133. The maximum atomic E-state index is 13.2. The van der Waals surface area contributed by atoms with Crippen molar-refractivity contribution in [1.29, 1.82) is 0 Å². The molecule has 3 heteroatoms. The van der Waals surface area contributed by atoms with Gasteiger partial charge in [0.25, 0.3) is 0 Å². The Morgan fingerprint density at radius 2 is 2.00 bits per heavy atom. The lowest BCUT2D eigenvalue weighted by atomic mass is 9.83. The zero-order valence-electron chi connectivity index (χ0n) is 8.64. The summed E-state index contributed by atoms with van der Waals surface area (Å²) >= 11 is 5.59. The minimum Gasteiger partial charge on any atom is -0.321 e. The third kappa shape index (κ3) is 2.07. The van der Waals surface area contributed by atoms with Crippen molar-refractivity contribution in [3.8, 4) is 0 Å². The van der Waals surface area contributed by atoms with E-state index in [0.29, 0.717) is 0 Å². The van der Waals surface area contributed by atoms with Crippen molar-refractivity contribution in [1.82, 2.24) is 0 Å². The van der Waals surface area contributed by atoms with Crippen molar-refractivity contribution in [3.05, 3.63) is 34.6 Å². The molecule has 0 aliphatic heterocycles. The van der Waals surface area contributed by atoms with Crippen LogP contribution >= 0.6 is 11.6 Å². The Morgan fingerprint density at radius 1 is 1.43 bits per heavy atom. The van der Waals surface area contributed by atoms with Gasteiger partial charge < -0.3 is 5.73 Å². The quantitative estimate of drug-likeness (QED) is 0.805. The van der Waals surface area contributed by atoms with E-state index in [1.807, 2.05) is 20.8 Å². The third-order valence-corrected chi connectivity index (χ3v) is 3.05. The molecule has 0 bridgehead atoms. The molecule has 2 N–H and O–H groups in total. The molecule has 1 aromatic carbocycles. The minimum atomic E-state index is -0.522. The lowest BCUT2D eigenvalue weighted by Crippen LogP contribution is -2.38. The van der Waals surface area contributed by atoms with E-state index in [1.54, 1.807) is 12.1 Å². The Bertz CT molecular complexity index is 334. The lowest BCUT2D eigenvalue weighted by Gasteiger charge is -2.29. The van der Waals surface area contributed by atoms with Gasteiger partial charge in [0.1, 0.15) is 5.82 Å². The van der Waals surface area contributed by atoms with Crippen LogP contribution in [0.3, 0.4) is 0 Å². The normalized spacial score (nSPS) is 15.6. The summed E-state index contributed by atoms with van der Waals surface area (Å²) in [4.78, 5) is 0. The molecule has 1 nitrogen and oxygen atoms in total. The number of hydrogen-bond donors (Lipinski definition) is 1. The molecule has 0 aliphatic carbocycles. The Balaban J connectivity index is 3.14. The molecule has 14 heavy (non-hydrogen) atoms. The largest absolute Gasteiger partial charge is 0.321 e. The van der Waals surface area contributed by atoms with E-state index < -0.39 is 11.4 Å². The Labute approximate surface area is 89.1 Å². The molecule has 0 amide bonds. The average molecular weight is 216 g/mol. The number of hydrogen-bond acceptors (Lipinski definition) is 1. The van der Waals surface area contributed by atoms with Crippen LogP contribution in [-0.4, -0.2) is 0 Å². The first-order valence-corrected chi connectivity index (χ1v) is 4.98. The van der Waals surface area contributed by atoms with Crippen LogP contribution in [0.5, 0.6) is 0 Å². The molecule has 0 heterocycles. The van der Waals surface area contributed by atoms with Gasteiger partial charge in [0.2, 0.25) is 0 Å². The van der Waals surface area contributed by atoms with Crippen molar-refractivity contribution in [3.63, 3.8) is 0 Å². The van der Waals surface area contributed by atoms with Crippen molar-refractivity contribution in [2.75, 3.05) is 0 Å². The summed E-state index contributed by atoms with van der Waals surface area (Å²) in [7, 11) is 0. The summed E-state index contributed by atoms with van der Waals surface area (Å²) < 4.78 is 13.2. The van der Waals surface area contributed by atoms with E-state index in [-0.39, 0.29) is 10.9 Å². The van der Waals surface area contributed by atoms with Crippen LogP contribution in [0.4, 0.5) is 4.39 Å². The summed E-state index contributed by atoms with van der Waals surface area (Å²) in [6.45, 7) is 5.90. The highest BCUT2D eigenvalue weighted by atomic mass is 35.5. The number of rotatable bonds is 2. The monoisotopic (exact) mass is 215 g/mol. The van der Waals surface area contributed by atoms with Crippen molar-refractivity contribution >= 4 is 11.6 Å². The molecule has 0 aliphatic rings. The van der Waals surface area contributed by atoms with Gasteiger partial charge in [-0.3, -0.25) is 0 Å². The van der Waals surface area contributed by atoms with Crippen LogP contribution in [0.25, 0.3) is 0 Å². The molecule has 0 spiro atoms. The summed E-state index contributed by atoms with van der Waals surface area (Å²) in [5.41, 5.74) is 6.34.